The van der Waals surface area contributed by atoms with Crippen LogP contribution in [0.25, 0.3) is 0 Å². The normalized spacial score (nSPS) is 10.8. The zero-order valence-electron chi connectivity index (χ0n) is 29.8. The molecule has 0 saturated heterocycles. The second kappa shape index (κ2) is 18.9. The maximum absolute atomic E-state index is 14.1. The maximum atomic E-state index is 14.1. The minimum absolute atomic E-state index is 0.0223. The molecule has 0 radical (unpaired) electrons. The van der Waals surface area contributed by atoms with Crippen LogP contribution in [0.4, 0.5) is 38.8 Å². The molecule has 57 heavy (non-hydrogen) atoms. The van der Waals surface area contributed by atoms with Crippen LogP contribution in [0, 0.1) is 5.82 Å². The van der Waals surface area contributed by atoms with Gasteiger partial charge in [-0.15, -0.1) is 0 Å². The van der Waals surface area contributed by atoms with Crippen molar-refractivity contribution < 1.29 is 23.6 Å². The Kier molecular flexibility index (Phi) is 13.5. The standard InChI is InChI=1S/C42H31Cl4FN6O4/c43-28-6-3-8-33(21-28)52(37-24-31(15-17-48-37)50-39(54)19-26-5-1-2-10-35(26)45)41(56)13-14-42(57)53(34-9-4-7-29(44)22-34)38-25-32(16-18-49-38)51-40(55)20-27-11-12-30(47)23-36(27)46/h1-12,15-18,21-25H,13-14,19-20H2,(H,48,50,54)(H,49,51,55). The lowest BCUT2D eigenvalue weighted by Gasteiger charge is -2.25. The minimum Gasteiger partial charge on any atom is -0.326 e. The van der Waals surface area contributed by atoms with E-state index in [0.717, 1.165) is 6.07 Å². The van der Waals surface area contributed by atoms with Gasteiger partial charge in [-0.05, 0) is 77.9 Å². The van der Waals surface area contributed by atoms with Gasteiger partial charge in [0.2, 0.25) is 23.6 Å². The van der Waals surface area contributed by atoms with Crippen LogP contribution in [-0.2, 0) is 32.0 Å². The highest BCUT2D eigenvalue weighted by Gasteiger charge is 2.25. The van der Waals surface area contributed by atoms with E-state index < -0.39 is 23.5 Å². The number of hydrogen-bond donors (Lipinski definition) is 2. The molecule has 0 unspecified atom stereocenters. The summed E-state index contributed by atoms with van der Waals surface area (Å²) >= 11 is 25.0. The Hall–Kier alpha value is -5.85. The minimum atomic E-state index is -0.523. The SMILES string of the molecule is O=C(Cc1ccccc1Cl)Nc1ccnc(N(C(=O)CCC(=O)N(c2cccc(Cl)c2)c2cc(NC(=O)Cc3ccc(F)cc3Cl)ccn2)c2cccc(Cl)c2)c1. The van der Waals surface area contributed by atoms with Crippen LogP contribution in [0.2, 0.25) is 20.1 Å². The molecule has 288 valence electrons. The lowest BCUT2D eigenvalue weighted by molar-refractivity contribution is -0.123. The average Bonchev–Trinajstić information content (AvgIpc) is 3.17. The Morgan fingerprint density at radius 3 is 1.51 bits per heavy atom. The van der Waals surface area contributed by atoms with E-state index in [-0.39, 0.29) is 48.2 Å². The smallest absolute Gasteiger partial charge is 0.233 e. The number of amides is 4. The number of nitrogens with one attached hydrogen (secondary N) is 2. The average molecular weight is 845 g/mol. The lowest BCUT2D eigenvalue weighted by Crippen LogP contribution is -2.31. The van der Waals surface area contributed by atoms with Crippen molar-refractivity contribution in [3.05, 3.63) is 165 Å². The molecule has 0 aliphatic carbocycles. The number of carbonyl (C=O) groups is 4. The molecule has 2 aromatic heterocycles. The molecule has 15 heteroatoms. The van der Waals surface area contributed by atoms with Gasteiger partial charge in [-0.25, -0.2) is 14.4 Å². The first-order valence-electron chi connectivity index (χ1n) is 17.3. The summed E-state index contributed by atoms with van der Waals surface area (Å²) in [6, 6.07) is 30.1. The van der Waals surface area contributed by atoms with Crippen molar-refractivity contribution in [2.75, 3.05) is 20.4 Å². The van der Waals surface area contributed by atoms with Gasteiger partial charge in [0.15, 0.2) is 0 Å². The van der Waals surface area contributed by atoms with E-state index >= 15 is 0 Å². The van der Waals surface area contributed by atoms with E-state index in [1.54, 1.807) is 84.9 Å². The number of hydrogen-bond acceptors (Lipinski definition) is 6. The maximum Gasteiger partial charge on any atom is 0.233 e. The summed E-state index contributed by atoms with van der Waals surface area (Å²) in [7, 11) is 0. The highest BCUT2D eigenvalue weighted by Crippen LogP contribution is 2.32. The van der Waals surface area contributed by atoms with Crippen LogP contribution >= 0.6 is 46.4 Å². The number of anilines is 6. The van der Waals surface area contributed by atoms with Crippen molar-refractivity contribution >= 4 is 104 Å². The summed E-state index contributed by atoms with van der Waals surface area (Å²) in [6.07, 6.45) is 2.17. The molecule has 0 aliphatic rings. The monoisotopic (exact) mass is 842 g/mol. The highest BCUT2D eigenvalue weighted by molar-refractivity contribution is 6.32. The molecule has 6 rings (SSSR count). The first kappa shape index (κ1) is 40.8. The van der Waals surface area contributed by atoms with Crippen LogP contribution in [-0.4, -0.2) is 33.6 Å². The van der Waals surface area contributed by atoms with Gasteiger partial charge >= 0.3 is 0 Å². The van der Waals surface area contributed by atoms with Gasteiger partial charge in [0.1, 0.15) is 17.5 Å². The lowest BCUT2D eigenvalue weighted by atomic mass is 10.1. The molecule has 2 N–H and O–H groups in total. The Bertz CT molecular complexity index is 2470. The predicted octanol–water partition coefficient (Wildman–Crippen LogP) is 10.4. The summed E-state index contributed by atoms with van der Waals surface area (Å²) in [5.74, 6) is -2.00. The molecule has 0 saturated carbocycles. The van der Waals surface area contributed by atoms with E-state index in [2.05, 4.69) is 20.6 Å². The van der Waals surface area contributed by atoms with Crippen LogP contribution in [0.3, 0.4) is 0 Å². The second-order valence-corrected chi connectivity index (χ2v) is 14.2. The van der Waals surface area contributed by atoms with Gasteiger partial charge < -0.3 is 10.6 Å². The predicted molar refractivity (Wildman–Crippen MR) is 222 cm³/mol. The molecule has 0 fully saturated rings. The van der Waals surface area contributed by atoms with E-state index in [1.807, 2.05) is 0 Å². The molecule has 0 bridgehead atoms. The molecule has 6 aromatic rings. The quantitative estimate of drug-likeness (QED) is 0.119. The molecule has 0 atom stereocenters. The zero-order chi connectivity index (χ0) is 40.5. The van der Waals surface area contributed by atoms with Gasteiger partial charge in [0.05, 0.1) is 24.2 Å². The van der Waals surface area contributed by atoms with Crippen LogP contribution < -0.4 is 20.4 Å². The first-order valence-corrected chi connectivity index (χ1v) is 18.8. The molecule has 0 spiro atoms. The summed E-state index contributed by atoms with van der Waals surface area (Å²) in [4.78, 5) is 65.6. The third-order valence-corrected chi connectivity index (χ3v) is 9.57. The molecular formula is C42H31Cl4FN6O4. The van der Waals surface area contributed by atoms with Gasteiger partial charge in [-0.1, -0.05) is 82.8 Å². The van der Waals surface area contributed by atoms with Crippen LogP contribution in [0.5, 0.6) is 0 Å². The van der Waals surface area contributed by atoms with E-state index in [4.69, 9.17) is 46.4 Å². The summed E-state index contributed by atoms with van der Waals surface area (Å²) in [5, 5.41) is 6.87. The van der Waals surface area contributed by atoms with Gasteiger partial charge in [0, 0.05) is 68.8 Å². The molecule has 0 aliphatic heterocycles. The second-order valence-electron chi connectivity index (χ2n) is 12.5. The Labute approximate surface area is 347 Å². The van der Waals surface area contributed by atoms with Gasteiger partial charge in [-0.2, -0.15) is 0 Å². The van der Waals surface area contributed by atoms with Crippen molar-refractivity contribution in [3.63, 3.8) is 0 Å². The molecule has 10 nitrogen and oxygen atoms in total. The number of carbonyl (C=O) groups excluding carboxylic acids is 4. The molecular weight excluding hydrogens is 813 g/mol. The molecule has 2 heterocycles. The number of rotatable bonds is 13. The van der Waals surface area contributed by atoms with E-state index in [9.17, 15) is 23.6 Å². The number of halogens is 5. The van der Waals surface area contributed by atoms with Crippen molar-refractivity contribution in [2.45, 2.75) is 25.7 Å². The van der Waals surface area contributed by atoms with Crippen molar-refractivity contribution in [1.29, 1.82) is 0 Å². The van der Waals surface area contributed by atoms with Gasteiger partial charge in [-0.3, -0.25) is 29.0 Å². The third-order valence-electron chi connectivity index (χ3n) is 8.38. The number of benzene rings is 4. The summed E-state index contributed by atoms with van der Waals surface area (Å²) in [5.41, 5.74) is 2.51. The van der Waals surface area contributed by atoms with Gasteiger partial charge in [0.25, 0.3) is 0 Å². The summed E-state index contributed by atoms with van der Waals surface area (Å²) in [6.45, 7) is 0. The molecule has 4 amide bonds. The number of pyridine rings is 2. The third kappa shape index (κ3) is 10.9. The zero-order valence-corrected chi connectivity index (χ0v) is 32.8. The fourth-order valence-electron chi connectivity index (χ4n) is 5.78. The Balaban J connectivity index is 1.22. The number of aromatic nitrogens is 2. The first-order chi connectivity index (χ1) is 27.4. The van der Waals surface area contributed by atoms with Crippen molar-refractivity contribution in [3.8, 4) is 0 Å². The fraction of sp³-hybridized carbons (Fsp3) is 0.0952. The van der Waals surface area contributed by atoms with Crippen molar-refractivity contribution in [2.24, 2.45) is 0 Å². The topological polar surface area (TPSA) is 125 Å². The Morgan fingerprint density at radius 1 is 0.544 bits per heavy atom. The highest BCUT2D eigenvalue weighted by atomic mass is 35.5. The van der Waals surface area contributed by atoms with E-state index in [0.29, 0.717) is 48.9 Å². The Morgan fingerprint density at radius 2 is 1.04 bits per heavy atom. The molecule has 4 aromatic carbocycles. The van der Waals surface area contributed by atoms with Crippen LogP contribution in [0.1, 0.15) is 24.0 Å². The number of nitrogens with zero attached hydrogens (tertiary/aromatic N) is 4. The van der Waals surface area contributed by atoms with Crippen LogP contribution in [0.15, 0.2) is 128 Å². The summed E-state index contributed by atoms with van der Waals surface area (Å²) < 4.78 is 13.5. The fourth-order valence-corrected chi connectivity index (χ4v) is 6.58. The van der Waals surface area contributed by atoms with Crippen molar-refractivity contribution in [1.82, 2.24) is 9.97 Å². The largest absolute Gasteiger partial charge is 0.326 e. The van der Waals surface area contributed by atoms with E-state index in [1.165, 1.54) is 46.5 Å².